The minimum atomic E-state index is -0.560. The van der Waals surface area contributed by atoms with Crippen molar-refractivity contribution in [3.05, 3.63) is 138 Å². The van der Waals surface area contributed by atoms with Crippen LogP contribution in [0.2, 0.25) is 0 Å². The summed E-state index contributed by atoms with van der Waals surface area (Å²) in [7, 11) is 0. The third kappa shape index (κ3) is 3.19. The molecule has 2 aromatic carbocycles. The summed E-state index contributed by atoms with van der Waals surface area (Å²) < 4.78 is 11.7. The van der Waals surface area contributed by atoms with Crippen LogP contribution in [0, 0.1) is 0 Å². The number of benzene rings is 2. The van der Waals surface area contributed by atoms with Gasteiger partial charge in [0.25, 0.3) is 0 Å². The van der Waals surface area contributed by atoms with E-state index in [1.54, 1.807) is 18.4 Å². The maximum absolute atomic E-state index is 14.2. The van der Waals surface area contributed by atoms with E-state index in [4.69, 9.17) is 8.83 Å². The smallest absolute Gasteiger partial charge is 0.228 e. The van der Waals surface area contributed by atoms with Crippen molar-refractivity contribution in [2.45, 2.75) is 69.6 Å². The average Bonchev–Trinajstić information content (AvgIpc) is 3.69. The SMILES string of the molecule is C[C@@]12CCCc3coc(c31)Cc1cc3c(cc12)C(=O)C(C1=CC(=O)c2cc4c(cc2C1=O)C(=O)c1occ2c1[C@@]4(C)CCC2)=CC3=O. The van der Waals surface area contributed by atoms with E-state index in [-0.39, 0.29) is 50.4 Å². The van der Waals surface area contributed by atoms with E-state index in [1.165, 1.54) is 29.3 Å². The maximum atomic E-state index is 14.2. The predicted octanol–water partition coefficient (Wildman–Crippen LogP) is 6.92. The molecular formula is C40H28O7. The number of fused-ring (bicyclic) bond motifs is 6. The molecule has 0 N–H and O–H groups in total. The van der Waals surface area contributed by atoms with E-state index >= 15 is 0 Å². The molecule has 7 heteroatoms. The molecule has 2 atom stereocenters. The summed E-state index contributed by atoms with van der Waals surface area (Å²) in [6.07, 6.45) is 11.7. The van der Waals surface area contributed by atoms with Gasteiger partial charge in [0, 0.05) is 67.3 Å². The van der Waals surface area contributed by atoms with Crippen molar-refractivity contribution in [2.24, 2.45) is 0 Å². The fourth-order valence-corrected chi connectivity index (χ4v) is 9.68. The van der Waals surface area contributed by atoms with Gasteiger partial charge in [0.05, 0.1) is 12.5 Å². The van der Waals surface area contributed by atoms with Gasteiger partial charge >= 0.3 is 0 Å². The second-order valence-electron chi connectivity index (χ2n) is 14.4. The molecule has 2 aromatic heterocycles. The number of ketones is 5. The Hall–Kier alpha value is -5.17. The highest BCUT2D eigenvalue weighted by atomic mass is 16.3. The lowest BCUT2D eigenvalue weighted by Crippen LogP contribution is -2.36. The molecule has 0 radical (unpaired) electrons. The van der Waals surface area contributed by atoms with Gasteiger partial charge in [-0.2, -0.15) is 0 Å². The highest BCUT2D eigenvalue weighted by Crippen LogP contribution is 2.52. The van der Waals surface area contributed by atoms with Crippen molar-refractivity contribution >= 4 is 28.9 Å². The third-order valence-electron chi connectivity index (χ3n) is 11.9. The summed E-state index contributed by atoms with van der Waals surface area (Å²) in [5.74, 6) is -0.968. The second kappa shape index (κ2) is 8.59. The molecule has 0 unspecified atom stereocenters. The van der Waals surface area contributed by atoms with Crippen LogP contribution >= 0.6 is 0 Å². The second-order valence-corrected chi connectivity index (χ2v) is 14.4. The van der Waals surface area contributed by atoms with Crippen LogP contribution in [0.3, 0.4) is 0 Å². The number of rotatable bonds is 1. The monoisotopic (exact) mass is 620 g/mol. The topological polar surface area (TPSA) is 112 Å². The average molecular weight is 621 g/mol. The van der Waals surface area contributed by atoms with Crippen LogP contribution in [0.15, 0.2) is 68.9 Å². The Kier molecular flexibility index (Phi) is 4.93. The van der Waals surface area contributed by atoms with Crippen molar-refractivity contribution < 1.29 is 32.8 Å². The Bertz CT molecular complexity index is 2350. The van der Waals surface area contributed by atoms with Gasteiger partial charge in [-0.05, 0) is 103 Å². The van der Waals surface area contributed by atoms with Gasteiger partial charge in [-0.3, -0.25) is 24.0 Å². The van der Waals surface area contributed by atoms with Crippen molar-refractivity contribution in [3.63, 3.8) is 0 Å². The van der Waals surface area contributed by atoms with Crippen molar-refractivity contribution in [2.75, 3.05) is 0 Å². The zero-order valence-corrected chi connectivity index (χ0v) is 25.9. The number of carbonyl (C=O) groups excluding carboxylic acids is 5. The highest BCUT2D eigenvalue weighted by molar-refractivity contribution is 6.35. The van der Waals surface area contributed by atoms with E-state index in [0.717, 1.165) is 72.1 Å². The van der Waals surface area contributed by atoms with Crippen molar-refractivity contribution in [3.8, 4) is 0 Å². The molecule has 0 fully saturated rings. The van der Waals surface area contributed by atoms with E-state index in [9.17, 15) is 24.0 Å². The quantitative estimate of drug-likeness (QED) is 0.227. The minimum absolute atomic E-state index is 0.0568. The first-order valence-electron chi connectivity index (χ1n) is 16.3. The summed E-state index contributed by atoms with van der Waals surface area (Å²) in [5.41, 5.74) is 6.97. The molecule has 0 amide bonds. The molecule has 10 rings (SSSR count). The van der Waals surface area contributed by atoms with E-state index in [1.807, 2.05) is 12.3 Å². The molecule has 47 heavy (non-hydrogen) atoms. The molecule has 4 aromatic rings. The number of Topliss-reactive ketones (excluding diaryl/α,β-unsaturated/α-hetero) is 2. The molecule has 2 heterocycles. The summed E-state index contributed by atoms with van der Waals surface area (Å²) in [6.45, 7) is 4.23. The number of carbonyl (C=O) groups is 5. The first-order valence-corrected chi connectivity index (χ1v) is 16.3. The van der Waals surface area contributed by atoms with Crippen molar-refractivity contribution in [1.29, 1.82) is 0 Å². The number of allylic oxidation sites excluding steroid dienone is 4. The van der Waals surface area contributed by atoms with Gasteiger partial charge in [0.15, 0.2) is 28.9 Å². The Morgan fingerprint density at radius 3 is 1.85 bits per heavy atom. The summed E-state index contributed by atoms with van der Waals surface area (Å²) in [5, 5.41) is 0. The van der Waals surface area contributed by atoms with E-state index in [0.29, 0.717) is 12.0 Å². The molecule has 6 aliphatic carbocycles. The summed E-state index contributed by atoms with van der Waals surface area (Å²) in [6, 6.07) is 6.82. The molecule has 0 aliphatic heterocycles. The molecule has 0 saturated heterocycles. The largest absolute Gasteiger partial charge is 0.468 e. The molecule has 6 aliphatic rings. The first kappa shape index (κ1) is 27.0. The lowest BCUT2D eigenvalue weighted by molar-refractivity contribution is 0.0961. The summed E-state index contributed by atoms with van der Waals surface area (Å²) >= 11 is 0. The lowest BCUT2D eigenvalue weighted by Gasteiger charge is -2.40. The zero-order chi connectivity index (χ0) is 32.1. The molecule has 7 nitrogen and oxygen atoms in total. The van der Waals surface area contributed by atoms with Crippen molar-refractivity contribution in [1.82, 2.24) is 0 Å². The van der Waals surface area contributed by atoms with Gasteiger partial charge in [0.2, 0.25) is 5.78 Å². The normalized spacial score (nSPS) is 24.9. The Morgan fingerprint density at radius 1 is 0.574 bits per heavy atom. The predicted molar refractivity (Wildman–Crippen MR) is 169 cm³/mol. The van der Waals surface area contributed by atoms with Crippen LogP contribution in [0.4, 0.5) is 0 Å². The lowest BCUT2D eigenvalue weighted by atomic mass is 9.62. The Morgan fingerprint density at radius 2 is 1.15 bits per heavy atom. The summed E-state index contributed by atoms with van der Waals surface area (Å²) in [4.78, 5) is 69.5. The van der Waals surface area contributed by atoms with Crippen LogP contribution in [-0.4, -0.2) is 28.9 Å². The number of hydrogen-bond donors (Lipinski definition) is 0. The molecule has 230 valence electrons. The minimum Gasteiger partial charge on any atom is -0.468 e. The first-order chi connectivity index (χ1) is 22.6. The molecule has 0 bridgehead atoms. The van der Waals surface area contributed by atoms with E-state index < -0.39 is 28.5 Å². The number of aryl methyl sites for hydroxylation is 2. The van der Waals surface area contributed by atoms with Crippen LogP contribution in [-0.2, 0) is 30.1 Å². The van der Waals surface area contributed by atoms with Gasteiger partial charge in [0.1, 0.15) is 5.76 Å². The van der Waals surface area contributed by atoms with Gasteiger partial charge in [-0.25, -0.2) is 0 Å². The zero-order valence-electron chi connectivity index (χ0n) is 25.9. The van der Waals surface area contributed by atoms with Crippen LogP contribution in [0.5, 0.6) is 0 Å². The van der Waals surface area contributed by atoms with E-state index in [2.05, 4.69) is 13.8 Å². The standard InChI is InChI=1S/C40H28O7/c1-39-7-3-5-18-16-46-32(33(18)39)10-20-9-21-24(13-28(20)39)36(44)26(14-30(21)41)25-15-31(42)22-12-29-27(11-23(22)35(25)43)37(45)38-34-19(17-47-38)6-4-8-40(29,34)2/h9,11-17H,3-8,10H2,1-2H3/t39-,40-/m0/s1. The molecule has 0 saturated carbocycles. The fourth-order valence-electron chi connectivity index (χ4n) is 9.68. The van der Waals surface area contributed by atoms with Gasteiger partial charge < -0.3 is 8.83 Å². The Balaban J connectivity index is 1.07. The van der Waals surface area contributed by atoms with Crippen LogP contribution in [0.1, 0.15) is 142 Å². The van der Waals surface area contributed by atoms with Crippen LogP contribution in [0.25, 0.3) is 0 Å². The number of furan rings is 2. The van der Waals surface area contributed by atoms with Gasteiger partial charge in [-0.15, -0.1) is 0 Å². The third-order valence-corrected chi connectivity index (χ3v) is 11.9. The Labute approximate surface area is 269 Å². The van der Waals surface area contributed by atoms with Gasteiger partial charge in [-0.1, -0.05) is 13.8 Å². The van der Waals surface area contributed by atoms with Crippen LogP contribution < -0.4 is 0 Å². The fraction of sp³-hybridized carbons (Fsp3) is 0.275. The number of hydrogen-bond acceptors (Lipinski definition) is 7. The molecule has 0 spiro atoms. The maximum Gasteiger partial charge on any atom is 0.228 e. The molecular weight excluding hydrogens is 592 g/mol. The highest BCUT2D eigenvalue weighted by Gasteiger charge is 2.48.